The highest BCUT2D eigenvalue weighted by Crippen LogP contribution is 2.45. The molecule has 10 heteroatoms. The molecule has 2 amide bonds. The topological polar surface area (TPSA) is 130 Å². The number of β-lactam (4-membered cyclic amide) rings is 1. The number of hydrogen-bond acceptors (Lipinski definition) is 6. The first kappa shape index (κ1) is 18.2. The Morgan fingerprint density at radius 3 is 2.46 bits per heavy atom. The minimum Gasteiger partial charge on any atom is -0.484 e. The van der Waals surface area contributed by atoms with Crippen molar-refractivity contribution in [3.63, 3.8) is 0 Å². The average molecular weight is 382 g/mol. The molecular weight excluding hydrogens is 364 g/mol. The molecule has 2 fully saturated rings. The Kier molecular flexibility index (Phi) is 4.18. The van der Waals surface area contributed by atoms with Gasteiger partial charge < -0.3 is 20.1 Å². The van der Waals surface area contributed by atoms with Crippen LogP contribution < -0.4 is 10.1 Å². The van der Waals surface area contributed by atoms with E-state index in [1.165, 1.54) is 13.8 Å². The van der Waals surface area contributed by atoms with Gasteiger partial charge in [-0.3, -0.25) is 9.59 Å². The highest BCUT2D eigenvalue weighted by Gasteiger charge is 2.72. The first-order chi connectivity index (χ1) is 12.1. The van der Waals surface area contributed by atoms with Crippen molar-refractivity contribution in [3.8, 4) is 5.75 Å². The van der Waals surface area contributed by atoms with Crippen LogP contribution >= 0.6 is 0 Å². The van der Waals surface area contributed by atoms with Gasteiger partial charge in [0.25, 0.3) is 5.91 Å². The third-order valence-electron chi connectivity index (χ3n) is 4.73. The van der Waals surface area contributed by atoms with Crippen molar-refractivity contribution in [1.82, 2.24) is 10.2 Å². The van der Waals surface area contributed by atoms with Gasteiger partial charge in [0.1, 0.15) is 22.6 Å². The lowest BCUT2D eigenvalue weighted by Crippen LogP contribution is -2.72. The van der Waals surface area contributed by atoms with E-state index in [0.717, 1.165) is 4.90 Å². The number of carboxylic acids is 1. The number of carboxylic acid groups (broad SMARTS) is 1. The fourth-order valence-corrected chi connectivity index (χ4v) is 5.54. The van der Waals surface area contributed by atoms with Crippen molar-refractivity contribution in [2.45, 2.75) is 36.1 Å². The summed E-state index contributed by atoms with van der Waals surface area (Å²) in [7, 11) is -3.99. The molecule has 2 aliphatic heterocycles. The van der Waals surface area contributed by atoms with Crippen LogP contribution in [-0.4, -0.2) is 65.0 Å². The number of sulfone groups is 1. The Balaban J connectivity index is 1.72. The van der Waals surface area contributed by atoms with Gasteiger partial charge >= 0.3 is 5.97 Å². The number of para-hydroxylation sites is 1. The molecule has 1 aromatic rings. The Labute approximate surface area is 149 Å². The van der Waals surface area contributed by atoms with Crippen molar-refractivity contribution < 1.29 is 32.6 Å². The van der Waals surface area contributed by atoms with E-state index in [2.05, 4.69) is 5.32 Å². The smallest absolute Gasteiger partial charge is 0.328 e. The quantitative estimate of drug-likeness (QED) is 0.649. The van der Waals surface area contributed by atoms with Crippen molar-refractivity contribution in [1.29, 1.82) is 0 Å². The van der Waals surface area contributed by atoms with Crippen molar-refractivity contribution in [2.24, 2.45) is 0 Å². The molecule has 140 valence electrons. The second-order valence-corrected chi connectivity index (χ2v) is 9.30. The van der Waals surface area contributed by atoms with Gasteiger partial charge in [-0.1, -0.05) is 18.2 Å². The molecule has 0 unspecified atom stereocenters. The number of fused-ring (bicyclic) bond motifs is 1. The first-order valence-electron chi connectivity index (χ1n) is 7.84. The summed E-state index contributed by atoms with van der Waals surface area (Å²) in [5, 5.41) is 10.3. The number of nitrogens with one attached hydrogen (secondary N) is 1. The molecule has 26 heavy (non-hydrogen) atoms. The fourth-order valence-electron chi connectivity index (χ4n) is 3.32. The van der Waals surface area contributed by atoms with Gasteiger partial charge in [-0.2, -0.15) is 0 Å². The van der Waals surface area contributed by atoms with Crippen LogP contribution in [0.25, 0.3) is 0 Å². The molecule has 0 aromatic heterocycles. The molecule has 2 heterocycles. The van der Waals surface area contributed by atoms with E-state index in [1.807, 2.05) is 0 Å². The van der Waals surface area contributed by atoms with Gasteiger partial charge in [0.05, 0.1) is 0 Å². The lowest BCUT2D eigenvalue weighted by molar-refractivity contribution is -0.161. The second kappa shape index (κ2) is 5.97. The number of ether oxygens (including phenoxy) is 1. The van der Waals surface area contributed by atoms with Crippen LogP contribution in [0.5, 0.6) is 5.75 Å². The molecule has 0 radical (unpaired) electrons. The first-order valence-corrected chi connectivity index (χ1v) is 9.39. The largest absolute Gasteiger partial charge is 0.484 e. The van der Waals surface area contributed by atoms with Crippen molar-refractivity contribution >= 4 is 27.6 Å². The zero-order chi connectivity index (χ0) is 19.3. The minimum atomic E-state index is -3.99. The van der Waals surface area contributed by atoms with E-state index >= 15 is 0 Å². The normalized spacial score (nSPS) is 28.0. The van der Waals surface area contributed by atoms with Crippen LogP contribution in [0.1, 0.15) is 13.8 Å². The molecular formula is C16H18N2O7S. The molecule has 2 aliphatic rings. The van der Waals surface area contributed by atoms with Gasteiger partial charge in [-0.15, -0.1) is 0 Å². The molecule has 0 saturated carbocycles. The summed E-state index contributed by atoms with van der Waals surface area (Å²) < 4.78 is 28.9. The maximum Gasteiger partial charge on any atom is 0.328 e. The van der Waals surface area contributed by atoms with E-state index in [4.69, 9.17) is 4.74 Å². The molecule has 9 nitrogen and oxygen atoms in total. The van der Waals surface area contributed by atoms with Crippen LogP contribution in [0, 0.1) is 0 Å². The maximum absolute atomic E-state index is 12.7. The van der Waals surface area contributed by atoms with E-state index in [0.29, 0.717) is 5.75 Å². The van der Waals surface area contributed by atoms with Gasteiger partial charge in [-0.25, -0.2) is 13.2 Å². The zero-order valence-electron chi connectivity index (χ0n) is 14.1. The highest BCUT2D eigenvalue weighted by molar-refractivity contribution is 7.94. The SMILES string of the molecule is CC1(C)[C@H](C(=O)O)N2C(=O)[C@@H](NC(=O)COc3ccccc3)[C@H]2S1(=O)=O. The van der Waals surface area contributed by atoms with E-state index in [1.54, 1.807) is 30.3 Å². The Hall–Kier alpha value is -2.62. The summed E-state index contributed by atoms with van der Waals surface area (Å²) >= 11 is 0. The second-order valence-electron chi connectivity index (χ2n) is 6.67. The zero-order valence-corrected chi connectivity index (χ0v) is 14.9. The number of hydrogen-bond donors (Lipinski definition) is 2. The number of carbonyl (C=O) groups excluding carboxylic acids is 2. The molecule has 3 atom stereocenters. The number of amides is 2. The number of benzene rings is 1. The number of aliphatic carboxylic acids is 1. The minimum absolute atomic E-state index is 0.397. The maximum atomic E-state index is 12.7. The van der Waals surface area contributed by atoms with E-state index < -0.39 is 56.4 Å². The molecule has 2 N–H and O–H groups in total. The van der Waals surface area contributed by atoms with Gasteiger partial charge in [0.2, 0.25) is 5.91 Å². The molecule has 0 aliphatic carbocycles. The number of carbonyl (C=O) groups is 3. The predicted molar refractivity (Wildman–Crippen MR) is 88.9 cm³/mol. The average Bonchev–Trinajstić information content (AvgIpc) is 2.72. The molecule has 0 spiro atoms. The molecule has 2 saturated heterocycles. The number of nitrogens with zero attached hydrogens (tertiary/aromatic N) is 1. The van der Waals surface area contributed by atoms with Crippen LogP contribution in [0.3, 0.4) is 0 Å². The predicted octanol–water partition coefficient (Wildman–Crippen LogP) is -0.621. The van der Waals surface area contributed by atoms with Crippen LogP contribution in [0.2, 0.25) is 0 Å². The van der Waals surface area contributed by atoms with Gasteiger partial charge in [0, 0.05) is 0 Å². The van der Waals surface area contributed by atoms with Crippen LogP contribution in [0.15, 0.2) is 30.3 Å². The van der Waals surface area contributed by atoms with Crippen molar-refractivity contribution in [3.05, 3.63) is 30.3 Å². The van der Waals surface area contributed by atoms with E-state index in [-0.39, 0.29) is 0 Å². The highest BCUT2D eigenvalue weighted by atomic mass is 32.2. The van der Waals surface area contributed by atoms with Crippen LogP contribution in [0.4, 0.5) is 0 Å². The van der Waals surface area contributed by atoms with Crippen molar-refractivity contribution in [2.75, 3.05) is 6.61 Å². The molecule has 1 aromatic carbocycles. The standard InChI is InChI=1S/C16H18N2O7S/c1-16(2)12(15(21)22)18-13(20)11(14(18)26(16,23)24)17-10(19)8-25-9-6-4-3-5-7-9/h3-7,11-12,14H,8H2,1-2H3,(H,17,19)(H,21,22)/t11-,12+,14-/m1/s1. The Morgan fingerprint density at radius 1 is 1.27 bits per heavy atom. The Morgan fingerprint density at radius 2 is 1.88 bits per heavy atom. The fraction of sp³-hybridized carbons (Fsp3) is 0.438. The van der Waals surface area contributed by atoms with Crippen LogP contribution in [-0.2, 0) is 24.2 Å². The summed E-state index contributed by atoms with van der Waals surface area (Å²) in [6.07, 6.45) is 0. The van der Waals surface area contributed by atoms with E-state index in [9.17, 15) is 27.9 Å². The monoisotopic (exact) mass is 382 g/mol. The third-order valence-corrected chi connectivity index (χ3v) is 7.56. The summed E-state index contributed by atoms with van der Waals surface area (Å²) in [4.78, 5) is 36.6. The molecule has 3 rings (SSSR count). The molecule has 0 bridgehead atoms. The third kappa shape index (κ3) is 2.52. The summed E-state index contributed by atoms with van der Waals surface area (Å²) in [5.41, 5.74) is 0. The summed E-state index contributed by atoms with van der Waals surface area (Å²) in [6.45, 7) is 2.14. The van der Waals surface area contributed by atoms with Gasteiger partial charge in [0.15, 0.2) is 21.8 Å². The Bertz CT molecular complexity index is 866. The van der Waals surface area contributed by atoms with Gasteiger partial charge in [-0.05, 0) is 26.0 Å². The lowest BCUT2D eigenvalue weighted by atomic mass is 9.96. The summed E-state index contributed by atoms with van der Waals surface area (Å²) in [6, 6.07) is 5.71. The lowest BCUT2D eigenvalue weighted by Gasteiger charge is -2.42. The number of rotatable bonds is 5. The summed E-state index contributed by atoms with van der Waals surface area (Å²) in [5.74, 6) is -2.35.